The molecule has 0 aliphatic rings. The second kappa shape index (κ2) is 7.05. The van der Waals surface area contributed by atoms with E-state index in [2.05, 4.69) is 10.1 Å². The number of ketones is 1. The summed E-state index contributed by atoms with van der Waals surface area (Å²) in [6, 6.07) is 6.83. The molecule has 8 heteroatoms. The summed E-state index contributed by atoms with van der Waals surface area (Å²) in [5, 5.41) is 4.97. The van der Waals surface area contributed by atoms with E-state index in [0.29, 0.717) is 16.6 Å². The Hall–Kier alpha value is -3.55. The highest BCUT2D eigenvalue weighted by Gasteiger charge is 2.20. The Labute approximate surface area is 172 Å². The molecule has 0 aliphatic heterocycles. The standard InChI is InChI=1S/C22H21FN4O3/c1-13(28)21-17-7-14(15-9-24-19-8-16(23)11-26(19)10-15)5-6-18(17)27(25-21)12-20(29)30-22(2,3)4/h5-11H,12H2,1-4H3. The fourth-order valence-corrected chi connectivity index (χ4v) is 3.34. The molecule has 7 nitrogen and oxygen atoms in total. The summed E-state index contributed by atoms with van der Waals surface area (Å²) in [6.07, 6.45) is 4.77. The maximum absolute atomic E-state index is 13.5. The number of rotatable bonds is 4. The Morgan fingerprint density at radius 3 is 2.60 bits per heavy atom. The lowest BCUT2D eigenvalue weighted by atomic mass is 10.0. The number of fused-ring (bicyclic) bond motifs is 2. The van der Waals surface area contributed by atoms with Crippen molar-refractivity contribution in [3.05, 3.63) is 54.4 Å². The van der Waals surface area contributed by atoms with Gasteiger partial charge in [0.15, 0.2) is 5.78 Å². The second-order valence-electron chi connectivity index (χ2n) is 8.15. The van der Waals surface area contributed by atoms with Gasteiger partial charge in [0.2, 0.25) is 0 Å². The minimum absolute atomic E-state index is 0.101. The molecular formula is C22H21FN4O3. The van der Waals surface area contributed by atoms with Gasteiger partial charge in [-0.2, -0.15) is 5.10 Å². The molecule has 3 aromatic heterocycles. The van der Waals surface area contributed by atoms with Crippen LogP contribution >= 0.6 is 0 Å². The summed E-state index contributed by atoms with van der Waals surface area (Å²) in [5.41, 5.74) is 2.37. The number of nitrogens with zero attached hydrogens (tertiary/aromatic N) is 4. The first kappa shape index (κ1) is 19.8. The van der Waals surface area contributed by atoms with Crippen LogP contribution in [0.25, 0.3) is 27.7 Å². The Morgan fingerprint density at radius 1 is 1.13 bits per heavy atom. The molecule has 0 unspecified atom stereocenters. The predicted octanol–water partition coefficient (Wildman–Crippen LogP) is 4.03. The smallest absolute Gasteiger partial charge is 0.328 e. The molecule has 30 heavy (non-hydrogen) atoms. The lowest BCUT2D eigenvalue weighted by Gasteiger charge is -2.19. The number of carbonyl (C=O) groups is 2. The van der Waals surface area contributed by atoms with Crippen molar-refractivity contribution in [2.75, 3.05) is 0 Å². The summed E-state index contributed by atoms with van der Waals surface area (Å²) >= 11 is 0. The van der Waals surface area contributed by atoms with Crippen LogP contribution in [0.4, 0.5) is 4.39 Å². The SMILES string of the molecule is CC(=O)c1nn(CC(=O)OC(C)(C)C)c2ccc(-c3cnc4cc(F)cn4c3)cc12. The highest BCUT2D eigenvalue weighted by molar-refractivity contribution is 6.06. The molecule has 0 saturated carbocycles. The van der Waals surface area contributed by atoms with E-state index < -0.39 is 11.6 Å². The quantitative estimate of drug-likeness (QED) is 0.376. The first-order valence-corrected chi connectivity index (χ1v) is 9.48. The summed E-state index contributed by atoms with van der Waals surface area (Å²) in [7, 11) is 0. The normalized spacial score (nSPS) is 11.9. The molecule has 0 bridgehead atoms. The third kappa shape index (κ3) is 3.80. The summed E-state index contributed by atoms with van der Waals surface area (Å²) < 4.78 is 21.9. The number of aromatic nitrogens is 4. The summed E-state index contributed by atoms with van der Waals surface area (Å²) in [6.45, 7) is 6.71. The number of ether oxygens (including phenoxy) is 1. The minimum atomic E-state index is -0.611. The van der Waals surface area contributed by atoms with Crippen LogP contribution in [0.1, 0.15) is 38.2 Å². The number of Topliss-reactive ketones (excluding diaryl/α,β-unsaturated/α-hetero) is 1. The van der Waals surface area contributed by atoms with Crippen molar-refractivity contribution in [1.82, 2.24) is 19.2 Å². The molecule has 3 heterocycles. The molecule has 4 rings (SSSR count). The molecule has 0 radical (unpaired) electrons. The average Bonchev–Trinajstić information content (AvgIpc) is 3.18. The minimum Gasteiger partial charge on any atom is -0.459 e. The summed E-state index contributed by atoms with van der Waals surface area (Å²) in [4.78, 5) is 28.7. The largest absolute Gasteiger partial charge is 0.459 e. The lowest BCUT2D eigenvalue weighted by Crippen LogP contribution is -2.26. The molecule has 0 aliphatic carbocycles. The van der Waals surface area contributed by atoms with Crippen LogP contribution < -0.4 is 0 Å². The average molecular weight is 408 g/mol. The zero-order valence-electron chi connectivity index (χ0n) is 17.1. The monoisotopic (exact) mass is 408 g/mol. The van der Waals surface area contributed by atoms with Gasteiger partial charge in [-0.05, 0) is 38.5 Å². The Balaban J connectivity index is 1.76. The van der Waals surface area contributed by atoms with Crippen molar-refractivity contribution in [3.8, 4) is 11.1 Å². The fourth-order valence-electron chi connectivity index (χ4n) is 3.34. The van der Waals surface area contributed by atoms with Gasteiger partial charge in [0, 0.05) is 42.5 Å². The molecular weight excluding hydrogens is 387 g/mol. The number of esters is 1. The van der Waals surface area contributed by atoms with Crippen LogP contribution in [0, 0.1) is 5.82 Å². The Bertz CT molecular complexity index is 1300. The third-order valence-electron chi connectivity index (χ3n) is 4.52. The zero-order valence-corrected chi connectivity index (χ0v) is 17.1. The van der Waals surface area contributed by atoms with E-state index in [1.807, 2.05) is 12.1 Å². The van der Waals surface area contributed by atoms with Crippen molar-refractivity contribution in [2.24, 2.45) is 0 Å². The Morgan fingerprint density at radius 2 is 1.90 bits per heavy atom. The number of benzene rings is 1. The van der Waals surface area contributed by atoms with Gasteiger partial charge in [-0.15, -0.1) is 0 Å². The number of hydrogen-bond acceptors (Lipinski definition) is 5. The van der Waals surface area contributed by atoms with E-state index >= 15 is 0 Å². The van der Waals surface area contributed by atoms with Crippen LogP contribution in [0.3, 0.4) is 0 Å². The van der Waals surface area contributed by atoms with Gasteiger partial charge < -0.3 is 9.14 Å². The van der Waals surface area contributed by atoms with Gasteiger partial charge in [-0.3, -0.25) is 14.3 Å². The highest BCUT2D eigenvalue weighted by Crippen LogP contribution is 2.27. The molecule has 1 aromatic carbocycles. The van der Waals surface area contributed by atoms with Crippen LogP contribution in [-0.2, 0) is 16.1 Å². The Kier molecular flexibility index (Phi) is 4.64. The number of halogens is 1. The van der Waals surface area contributed by atoms with Crippen molar-refractivity contribution in [1.29, 1.82) is 0 Å². The van der Waals surface area contributed by atoms with Crippen molar-refractivity contribution >= 4 is 28.3 Å². The van der Waals surface area contributed by atoms with Gasteiger partial charge in [-0.1, -0.05) is 6.07 Å². The molecule has 0 spiro atoms. The molecule has 0 fully saturated rings. The number of hydrogen-bond donors (Lipinski definition) is 0. The first-order valence-electron chi connectivity index (χ1n) is 9.48. The number of carbonyl (C=O) groups excluding carboxylic acids is 2. The molecule has 0 atom stereocenters. The molecule has 0 saturated heterocycles. The molecule has 0 amide bonds. The highest BCUT2D eigenvalue weighted by atomic mass is 19.1. The van der Waals surface area contributed by atoms with Crippen molar-refractivity contribution in [3.63, 3.8) is 0 Å². The predicted molar refractivity (Wildman–Crippen MR) is 110 cm³/mol. The van der Waals surface area contributed by atoms with E-state index in [4.69, 9.17) is 4.74 Å². The van der Waals surface area contributed by atoms with Crippen molar-refractivity contribution in [2.45, 2.75) is 39.8 Å². The molecule has 0 N–H and O–H groups in total. The van der Waals surface area contributed by atoms with E-state index in [-0.39, 0.29) is 23.8 Å². The van der Waals surface area contributed by atoms with Gasteiger partial charge in [-0.25, -0.2) is 9.37 Å². The summed E-state index contributed by atoms with van der Waals surface area (Å²) in [5.74, 6) is -1.01. The van der Waals surface area contributed by atoms with Gasteiger partial charge in [0.1, 0.15) is 29.3 Å². The second-order valence-corrected chi connectivity index (χ2v) is 8.15. The first-order chi connectivity index (χ1) is 14.1. The fraction of sp³-hybridized carbons (Fsp3) is 0.273. The molecule has 154 valence electrons. The van der Waals surface area contributed by atoms with E-state index in [1.165, 1.54) is 23.9 Å². The van der Waals surface area contributed by atoms with Crippen LogP contribution in [0.15, 0.2) is 42.9 Å². The maximum atomic E-state index is 13.5. The van der Waals surface area contributed by atoms with Crippen LogP contribution in [0.2, 0.25) is 0 Å². The van der Waals surface area contributed by atoms with Crippen LogP contribution in [0.5, 0.6) is 0 Å². The van der Waals surface area contributed by atoms with Crippen LogP contribution in [-0.4, -0.2) is 36.5 Å². The third-order valence-corrected chi connectivity index (χ3v) is 4.52. The van der Waals surface area contributed by atoms with E-state index in [9.17, 15) is 14.0 Å². The van der Waals surface area contributed by atoms with Gasteiger partial charge in [0.25, 0.3) is 0 Å². The maximum Gasteiger partial charge on any atom is 0.328 e. The molecule has 4 aromatic rings. The lowest BCUT2D eigenvalue weighted by molar-refractivity contribution is -0.155. The van der Waals surface area contributed by atoms with E-state index in [0.717, 1.165) is 11.1 Å². The van der Waals surface area contributed by atoms with E-state index in [1.54, 1.807) is 43.6 Å². The zero-order chi connectivity index (χ0) is 21.6. The topological polar surface area (TPSA) is 78.5 Å². The van der Waals surface area contributed by atoms with Gasteiger partial charge >= 0.3 is 5.97 Å². The van der Waals surface area contributed by atoms with Gasteiger partial charge in [0.05, 0.1) is 5.52 Å². The van der Waals surface area contributed by atoms with Crippen molar-refractivity contribution < 1.29 is 18.7 Å².